The van der Waals surface area contributed by atoms with Crippen LogP contribution in [0.2, 0.25) is 0 Å². The van der Waals surface area contributed by atoms with E-state index in [4.69, 9.17) is 15.2 Å². The van der Waals surface area contributed by atoms with E-state index in [1.807, 2.05) is 0 Å². The molecule has 2 aromatic heterocycles. The first-order chi connectivity index (χ1) is 15.3. The van der Waals surface area contributed by atoms with Crippen molar-refractivity contribution >= 4 is 22.6 Å². The lowest BCUT2D eigenvalue weighted by Crippen LogP contribution is -2.33. The Balaban J connectivity index is 1.63. The summed E-state index contributed by atoms with van der Waals surface area (Å²) in [5.41, 5.74) is 8.32. The summed E-state index contributed by atoms with van der Waals surface area (Å²) in [6.07, 6.45) is -3.70. The number of amides is 1. The first kappa shape index (κ1) is 22.0. The third-order valence-corrected chi connectivity index (χ3v) is 5.33. The molecule has 0 aliphatic carbocycles. The minimum Gasteiger partial charge on any atom is -0.383 e. The Bertz CT molecular complexity index is 1150. The van der Waals surface area contributed by atoms with Crippen molar-refractivity contribution in [3.63, 3.8) is 0 Å². The number of alkyl halides is 3. The van der Waals surface area contributed by atoms with Crippen LogP contribution < -0.4 is 5.73 Å². The second-order valence-corrected chi connectivity index (χ2v) is 7.43. The minimum absolute atomic E-state index is 0.0412. The van der Waals surface area contributed by atoms with Gasteiger partial charge >= 0.3 is 6.18 Å². The monoisotopic (exact) mass is 446 g/mol. The van der Waals surface area contributed by atoms with Crippen LogP contribution in [0.5, 0.6) is 0 Å². The third kappa shape index (κ3) is 4.37. The molecule has 1 aromatic carbocycles. The molecule has 0 saturated carbocycles. The predicted octanol–water partition coefficient (Wildman–Crippen LogP) is 3.55. The molecule has 2 N–H and O–H groups in total. The fourth-order valence-corrected chi connectivity index (χ4v) is 3.62. The number of pyridine rings is 2. The zero-order valence-corrected chi connectivity index (χ0v) is 17.3. The molecule has 1 aliphatic heterocycles. The second-order valence-electron chi connectivity index (χ2n) is 7.43. The maximum absolute atomic E-state index is 13.3. The average Bonchev–Trinajstić information content (AvgIpc) is 3.27. The number of hydrogen-bond donors (Lipinski definition) is 1. The lowest BCUT2D eigenvalue weighted by atomic mass is 10.0. The molecule has 1 aliphatic rings. The van der Waals surface area contributed by atoms with Crippen molar-refractivity contribution in [3.05, 3.63) is 64.5 Å². The molecule has 4 rings (SSSR count). The normalized spacial score (nSPS) is 13.4. The van der Waals surface area contributed by atoms with E-state index in [0.29, 0.717) is 35.8 Å². The Kier molecular flexibility index (Phi) is 5.98. The van der Waals surface area contributed by atoms with Crippen molar-refractivity contribution in [2.24, 2.45) is 0 Å². The fraction of sp³-hybridized carbons (Fsp3) is 0.318. The topological polar surface area (TPSA) is 90.6 Å². The maximum atomic E-state index is 13.3. The van der Waals surface area contributed by atoms with E-state index in [1.54, 1.807) is 18.2 Å². The van der Waals surface area contributed by atoms with Crippen LogP contribution in [0.3, 0.4) is 0 Å². The molecule has 10 heteroatoms. The summed E-state index contributed by atoms with van der Waals surface area (Å²) >= 11 is 0. The molecular formula is C22H21F3N4O3. The number of carbonyl (C=O) groups excluding carboxylic acids is 1. The van der Waals surface area contributed by atoms with E-state index in [0.717, 1.165) is 28.8 Å². The summed E-state index contributed by atoms with van der Waals surface area (Å²) in [5, 5.41) is 0.789. The molecule has 0 bridgehead atoms. The summed E-state index contributed by atoms with van der Waals surface area (Å²) < 4.78 is 49.0. The van der Waals surface area contributed by atoms with Gasteiger partial charge in [-0.2, -0.15) is 13.2 Å². The van der Waals surface area contributed by atoms with Crippen LogP contribution in [-0.2, 0) is 35.4 Å². The molecule has 1 amide bonds. The van der Waals surface area contributed by atoms with Crippen molar-refractivity contribution in [2.45, 2.75) is 25.9 Å². The summed E-state index contributed by atoms with van der Waals surface area (Å²) in [7, 11) is 1.51. The molecule has 3 aromatic rings. The number of anilines is 1. The SMILES string of the molecule is COCCN(Cc1ccc(C(F)(F)F)cn1)C(=O)c1ccc2nc(N)c3c(c2c1)COC3. The molecule has 0 radical (unpaired) electrons. The lowest BCUT2D eigenvalue weighted by molar-refractivity contribution is -0.137. The zero-order chi connectivity index (χ0) is 22.9. The summed E-state index contributed by atoms with van der Waals surface area (Å²) in [6.45, 7) is 1.32. The Morgan fingerprint density at radius 3 is 2.69 bits per heavy atom. The van der Waals surface area contributed by atoms with Crippen LogP contribution in [0.1, 0.15) is 32.7 Å². The van der Waals surface area contributed by atoms with E-state index in [1.165, 1.54) is 18.1 Å². The van der Waals surface area contributed by atoms with Crippen LogP contribution in [0.4, 0.5) is 19.0 Å². The number of carbonyl (C=O) groups is 1. The van der Waals surface area contributed by atoms with Gasteiger partial charge in [0.05, 0.1) is 43.1 Å². The van der Waals surface area contributed by atoms with E-state index in [-0.39, 0.29) is 25.6 Å². The molecule has 168 valence electrons. The van der Waals surface area contributed by atoms with Gasteiger partial charge in [0.25, 0.3) is 5.91 Å². The Hall–Kier alpha value is -3.24. The van der Waals surface area contributed by atoms with Crippen LogP contribution in [0.15, 0.2) is 36.5 Å². The number of halogens is 3. The van der Waals surface area contributed by atoms with Gasteiger partial charge in [-0.25, -0.2) is 4.98 Å². The van der Waals surface area contributed by atoms with E-state index >= 15 is 0 Å². The highest BCUT2D eigenvalue weighted by atomic mass is 19.4. The van der Waals surface area contributed by atoms with Gasteiger partial charge in [-0.1, -0.05) is 0 Å². The van der Waals surface area contributed by atoms with Gasteiger partial charge in [0.1, 0.15) is 5.82 Å². The molecule has 0 unspecified atom stereocenters. The fourth-order valence-electron chi connectivity index (χ4n) is 3.62. The van der Waals surface area contributed by atoms with Gasteiger partial charge < -0.3 is 20.1 Å². The smallest absolute Gasteiger partial charge is 0.383 e. The van der Waals surface area contributed by atoms with Gasteiger partial charge in [-0.3, -0.25) is 9.78 Å². The number of fused-ring (bicyclic) bond motifs is 3. The summed E-state index contributed by atoms with van der Waals surface area (Å²) in [6, 6.07) is 7.35. The van der Waals surface area contributed by atoms with E-state index in [9.17, 15) is 18.0 Å². The van der Waals surface area contributed by atoms with Crippen molar-refractivity contribution in [1.82, 2.24) is 14.9 Å². The van der Waals surface area contributed by atoms with Crippen LogP contribution >= 0.6 is 0 Å². The van der Waals surface area contributed by atoms with E-state index < -0.39 is 11.7 Å². The molecule has 0 spiro atoms. The van der Waals surface area contributed by atoms with Crippen LogP contribution in [-0.4, -0.2) is 41.0 Å². The lowest BCUT2D eigenvalue weighted by Gasteiger charge is -2.22. The molecule has 7 nitrogen and oxygen atoms in total. The number of nitrogens with two attached hydrogens (primary N) is 1. The summed E-state index contributed by atoms with van der Waals surface area (Å²) in [4.78, 5) is 23.0. The predicted molar refractivity (Wildman–Crippen MR) is 111 cm³/mol. The number of ether oxygens (including phenoxy) is 2. The Morgan fingerprint density at radius 1 is 1.22 bits per heavy atom. The molecule has 0 atom stereocenters. The highest BCUT2D eigenvalue weighted by molar-refractivity contribution is 5.99. The van der Waals surface area contributed by atoms with Gasteiger partial charge in [0.15, 0.2) is 0 Å². The zero-order valence-electron chi connectivity index (χ0n) is 17.3. The van der Waals surface area contributed by atoms with Gasteiger partial charge in [0.2, 0.25) is 0 Å². The van der Waals surface area contributed by atoms with Crippen molar-refractivity contribution < 1.29 is 27.4 Å². The number of hydrogen-bond acceptors (Lipinski definition) is 6. The van der Waals surface area contributed by atoms with Crippen LogP contribution in [0, 0.1) is 0 Å². The molecule has 32 heavy (non-hydrogen) atoms. The van der Waals surface area contributed by atoms with Crippen molar-refractivity contribution in [2.75, 3.05) is 26.0 Å². The minimum atomic E-state index is -4.47. The average molecular weight is 446 g/mol. The Morgan fingerprint density at radius 2 is 2.00 bits per heavy atom. The largest absolute Gasteiger partial charge is 0.417 e. The third-order valence-electron chi connectivity index (χ3n) is 5.33. The first-order valence-corrected chi connectivity index (χ1v) is 9.87. The quantitative estimate of drug-likeness (QED) is 0.623. The number of rotatable bonds is 6. The standard InChI is InChI=1S/C22H21F3N4O3/c1-31-7-6-29(10-15-4-3-14(9-27-15)22(23,24)25)21(30)13-2-5-19-16(8-13)17-11-32-12-18(17)20(26)28-19/h2-5,8-9H,6-7,10-12H2,1H3,(H2,26,28). The summed E-state index contributed by atoms with van der Waals surface area (Å²) in [5.74, 6) is 0.120. The highest BCUT2D eigenvalue weighted by Crippen LogP contribution is 2.32. The highest BCUT2D eigenvalue weighted by Gasteiger charge is 2.31. The number of methoxy groups -OCH3 is 1. The van der Waals surface area contributed by atoms with Gasteiger partial charge in [-0.15, -0.1) is 0 Å². The number of nitrogen functional groups attached to an aromatic ring is 1. The molecular weight excluding hydrogens is 425 g/mol. The number of nitrogens with zero attached hydrogens (tertiary/aromatic N) is 3. The molecule has 0 fully saturated rings. The maximum Gasteiger partial charge on any atom is 0.417 e. The van der Waals surface area contributed by atoms with Crippen molar-refractivity contribution in [3.8, 4) is 0 Å². The molecule has 3 heterocycles. The molecule has 0 saturated heterocycles. The van der Waals surface area contributed by atoms with E-state index in [2.05, 4.69) is 9.97 Å². The number of aromatic nitrogens is 2. The Labute approximate surface area is 182 Å². The number of benzene rings is 1. The van der Waals surface area contributed by atoms with Gasteiger partial charge in [-0.05, 0) is 35.9 Å². The van der Waals surface area contributed by atoms with Crippen LogP contribution in [0.25, 0.3) is 10.9 Å². The second kappa shape index (κ2) is 8.71. The van der Waals surface area contributed by atoms with Gasteiger partial charge in [0, 0.05) is 36.4 Å². The first-order valence-electron chi connectivity index (χ1n) is 9.87. The van der Waals surface area contributed by atoms with Crippen molar-refractivity contribution in [1.29, 1.82) is 0 Å².